The maximum absolute atomic E-state index is 9.35. The SMILES string of the molecule is C=N/C=N\N(C)Cc1cc(CO)cc(C(C)(C)C#N)c1.CC. The third-order valence-electron chi connectivity index (χ3n) is 2.98. The minimum atomic E-state index is -0.593. The zero-order valence-electron chi connectivity index (χ0n) is 14.2. The molecule has 1 N–H and O–H groups in total. The number of aliphatic hydroxyl groups is 1. The first kappa shape index (κ1) is 19.8. The lowest BCUT2D eigenvalue weighted by molar-refractivity contribution is 0.281. The van der Waals surface area contributed by atoms with Gasteiger partial charge in [-0.2, -0.15) is 10.4 Å². The molecule has 1 rings (SSSR count). The Morgan fingerprint density at radius 3 is 2.41 bits per heavy atom. The molecule has 0 saturated carbocycles. The molecule has 0 spiro atoms. The van der Waals surface area contributed by atoms with E-state index in [0.717, 1.165) is 16.7 Å². The third-order valence-corrected chi connectivity index (χ3v) is 2.98. The minimum Gasteiger partial charge on any atom is -0.392 e. The number of hydrogen-bond acceptors (Lipinski definition) is 4. The Balaban J connectivity index is 0.00000211. The number of benzene rings is 1. The molecule has 0 fully saturated rings. The van der Waals surface area contributed by atoms with Crippen LogP contribution < -0.4 is 0 Å². The zero-order chi connectivity index (χ0) is 17.2. The second-order valence-electron chi connectivity index (χ2n) is 5.16. The van der Waals surface area contributed by atoms with Crippen molar-refractivity contribution in [2.75, 3.05) is 7.05 Å². The first-order valence-electron chi connectivity index (χ1n) is 7.28. The fraction of sp³-hybridized carbons (Fsp3) is 0.471. The highest BCUT2D eigenvalue weighted by Crippen LogP contribution is 2.25. The Kier molecular flexibility index (Phi) is 8.73. The number of aliphatic hydroxyl groups excluding tert-OH is 1. The molecule has 1 aromatic carbocycles. The molecule has 0 aliphatic heterocycles. The fourth-order valence-electron chi connectivity index (χ4n) is 1.80. The van der Waals surface area contributed by atoms with Crippen molar-refractivity contribution < 1.29 is 5.11 Å². The molecule has 0 saturated heterocycles. The quantitative estimate of drug-likeness (QED) is 0.498. The van der Waals surface area contributed by atoms with Crippen molar-refractivity contribution in [3.05, 3.63) is 34.9 Å². The van der Waals surface area contributed by atoms with Crippen LogP contribution in [0.2, 0.25) is 0 Å². The summed E-state index contributed by atoms with van der Waals surface area (Å²) in [6, 6.07) is 8.01. The average molecular weight is 302 g/mol. The van der Waals surface area contributed by atoms with Crippen molar-refractivity contribution in [2.45, 2.75) is 46.3 Å². The molecule has 0 bridgehead atoms. The lowest BCUT2D eigenvalue weighted by Crippen LogP contribution is -2.16. The van der Waals surface area contributed by atoms with E-state index in [0.29, 0.717) is 6.54 Å². The first-order valence-corrected chi connectivity index (χ1v) is 7.28. The summed E-state index contributed by atoms with van der Waals surface area (Å²) in [7, 11) is 1.82. The number of nitrogens with zero attached hydrogens (tertiary/aromatic N) is 4. The van der Waals surface area contributed by atoms with Crippen LogP contribution in [0.25, 0.3) is 0 Å². The maximum Gasteiger partial charge on any atom is 0.134 e. The van der Waals surface area contributed by atoms with E-state index in [2.05, 4.69) is 22.9 Å². The second kappa shape index (κ2) is 9.69. The van der Waals surface area contributed by atoms with Crippen LogP contribution in [0.1, 0.15) is 44.4 Å². The monoisotopic (exact) mass is 302 g/mol. The highest BCUT2D eigenvalue weighted by Gasteiger charge is 2.20. The molecular weight excluding hydrogens is 276 g/mol. The smallest absolute Gasteiger partial charge is 0.134 e. The second-order valence-corrected chi connectivity index (χ2v) is 5.16. The zero-order valence-corrected chi connectivity index (χ0v) is 14.2. The number of nitriles is 1. The van der Waals surface area contributed by atoms with Gasteiger partial charge >= 0.3 is 0 Å². The van der Waals surface area contributed by atoms with Gasteiger partial charge in [0.1, 0.15) is 6.34 Å². The van der Waals surface area contributed by atoms with Gasteiger partial charge in [-0.05, 0) is 37.3 Å². The fourth-order valence-corrected chi connectivity index (χ4v) is 1.80. The Labute approximate surface area is 133 Å². The molecule has 0 atom stereocenters. The molecule has 0 heterocycles. The molecular formula is C17H26N4O. The summed E-state index contributed by atoms with van der Waals surface area (Å²) in [6.07, 6.45) is 1.37. The number of aliphatic imine (C=N–C) groups is 1. The predicted molar refractivity (Wildman–Crippen MR) is 91.9 cm³/mol. The molecule has 5 nitrogen and oxygen atoms in total. The van der Waals surface area contributed by atoms with E-state index in [9.17, 15) is 10.4 Å². The van der Waals surface area contributed by atoms with Crippen LogP contribution in [0.5, 0.6) is 0 Å². The lowest BCUT2D eigenvalue weighted by atomic mass is 9.84. The standard InChI is InChI=1S/C15H20N4O.C2H6/c1-15(2,10-16)14-6-12(5-13(7-14)9-20)8-19(4)18-11-17-3;1-2/h5-7,11,20H,3,8-9H2,1-2,4H3;1-2H3/b18-11-;. The van der Waals surface area contributed by atoms with Crippen LogP contribution in [-0.4, -0.2) is 30.2 Å². The van der Waals surface area contributed by atoms with Gasteiger partial charge in [0.15, 0.2) is 0 Å². The summed E-state index contributed by atoms with van der Waals surface area (Å²) >= 11 is 0. The number of hydrazone groups is 1. The van der Waals surface area contributed by atoms with Crippen LogP contribution in [0.15, 0.2) is 28.3 Å². The van der Waals surface area contributed by atoms with Crippen LogP contribution in [0.4, 0.5) is 0 Å². The normalized spacial score (nSPS) is 10.6. The average Bonchev–Trinajstić information content (AvgIpc) is 2.54. The van der Waals surface area contributed by atoms with E-state index in [-0.39, 0.29) is 6.61 Å². The lowest BCUT2D eigenvalue weighted by Gasteiger charge is -2.20. The van der Waals surface area contributed by atoms with Crippen LogP contribution >= 0.6 is 0 Å². The summed E-state index contributed by atoms with van der Waals surface area (Å²) in [5.74, 6) is 0. The summed E-state index contributed by atoms with van der Waals surface area (Å²) in [5.41, 5.74) is 2.07. The van der Waals surface area contributed by atoms with Gasteiger partial charge < -0.3 is 5.11 Å². The van der Waals surface area contributed by atoms with Gasteiger partial charge in [-0.1, -0.05) is 32.0 Å². The van der Waals surface area contributed by atoms with Crippen LogP contribution in [0.3, 0.4) is 0 Å². The van der Waals surface area contributed by atoms with Gasteiger partial charge in [-0.3, -0.25) is 10.0 Å². The summed E-state index contributed by atoms with van der Waals surface area (Å²) in [5, 5.41) is 24.4. The van der Waals surface area contributed by atoms with Crippen molar-refractivity contribution in [3.63, 3.8) is 0 Å². The summed E-state index contributed by atoms with van der Waals surface area (Å²) in [6.45, 7) is 11.6. The van der Waals surface area contributed by atoms with Crippen LogP contribution in [0, 0.1) is 11.3 Å². The molecule has 0 unspecified atom stereocenters. The van der Waals surface area contributed by atoms with Crippen molar-refractivity contribution >= 4 is 13.1 Å². The summed E-state index contributed by atoms with van der Waals surface area (Å²) < 4.78 is 0. The largest absolute Gasteiger partial charge is 0.392 e. The van der Waals surface area contributed by atoms with Crippen molar-refractivity contribution in [1.29, 1.82) is 5.26 Å². The number of rotatable bonds is 6. The molecule has 0 aromatic heterocycles. The van der Waals surface area contributed by atoms with Gasteiger partial charge in [-0.15, -0.1) is 0 Å². The molecule has 5 heteroatoms. The van der Waals surface area contributed by atoms with E-state index >= 15 is 0 Å². The topological polar surface area (TPSA) is 72.0 Å². The van der Waals surface area contributed by atoms with E-state index in [4.69, 9.17) is 0 Å². The molecule has 0 aliphatic rings. The first-order chi connectivity index (χ1) is 10.4. The predicted octanol–water partition coefficient (Wildman–Crippen LogP) is 3.08. The van der Waals surface area contributed by atoms with Crippen molar-refractivity contribution in [3.8, 4) is 6.07 Å². The van der Waals surface area contributed by atoms with Gasteiger partial charge in [0, 0.05) is 7.05 Å². The van der Waals surface area contributed by atoms with Crippen LogP contribution in [-0.2, 0) is 18.6 Å². The van der Waals surface area contributed by atoms with E-state index < -0.39 is 5.41 Å². The highest BCUT2D eigenvalue weighted by atomic mass is 16.3. The van der Waals surface area contributed by atoms with Gasteiger partial charge in [-0.25, -0.2) is 0 Å². The Bertz CT molecular complexity index is 544. The molecule has 0 aliphatic carbocycles. The maximum atomic E-state index is 9.35. The Hall–Kier alpha value is -2.19. The van der Waals surface area contributed by atoms with E-state index in [1.165, 1.54) is 6.34 Å². The van der Waals surface area contributed by atoms with Crippen molar-refractivity contribution in [1.82, 2.24) is 5.01 Å². The molecule has 0 radical (unpaired) electrons. The van der Waals surface area contributed by atoms with E-state index in [1.54, 1.807) is 5.01 Å². The Morgan fingerprint density at radius 1 is 1.32 bits per heavy atom. The molecule has 0 amide bonds. The van der Waals surface area contributed by atoms with Gasteiger partial charge in [0.25, 0.3) is 0 Å². The van der Waals surface area contributed by atoms with Gasteiger partial charge in [0.2, 0.25) is 0 Å². The molecule has 1 aromatic rings. The Morgan fingerprint density at radius 2 is 1.91 bits per heavy atom. The highest BCUT2D eigenvalue weighted by molar-refractivity contribution is 5.61. The van der Waals surface area contributed by atoms with Gasteiger partial charge in [0.05, 0.1) is 24.6 Å². The molecule has 22 heavy (non-hydrogen) atoms. The third kappa shape index (κ3) is 6.06. The number of hydrogen-bond donors (Lipinski definition) is 1. The minimum absolute atomic E-state index is 0.0520. The van der Waals surface area contributed by atoms with Crippen molar-refractivity contribution in [2.24, 2.45) is 10.1 Å². The summed E-state index contributed by atoms with van der Waals surface area (Å²) in [4.78, 5) is 3.55. The molecule has 120 valence electrons. The van der Waals surface area contributed by atoms with E-state index in [1.807, 2.05) is 52.9 Å².